The lowest BCUT2D eigenvalue weighted by Crippen LogP contribution is -2.36. The normalized spacial score (nSPS) is 22.3. The molecule has 3 aliphatic heterocycles. The maximum atomic E-state index is 13.7. The molecule has 1 fully saturated rings. The minimum absolute atomic E-state index is 0.141. The van der Waals surface area contributed by atoms with Gasteiger partial charge in [-0.3, -0.25) is 14.6 Å². The van der Waals surface area contributed by atoms with Gasteiger partial charge in [-0.05, 0) is 35.4 Å². The number of nitrogens with zero attached hydrogens (tertiary/aromatic N) is 5. The zero-order chi connectivity index (χ0) is 24.7. The van der Waals surface area contributed by atoms with E-state index in [0.717, 1.165) is 16.0 Å². The summed E-state index contributed by atoms with van der Waals surface area (Å²) >= 11 is 0. The topological polar surface area (TPSA) is 80.5 Å². The fraction of sp³-hybridized carbons (Fsp3) is 0.308. The van der Waals surface area contributed by atoms with Crippen molar-refractivity contribution in [1.29, 1.82) is 5.26 Å². The molecule has 3 aliphatic rings. The smallest absolute Gasteiger partial charge is 0.268 e. The molecule has 1 saturated heterocycles. The summed E-state index contributed by atoms with van der Waals surface area (Å²) in [5.74, 6) is -3.98. The number of carbonyl (C=O) groups is 2. The van der Waals surface area contributed by atoms with E-state index in [4.69, 9.17) is 5.26 Å². The summed E-state index contributed by atoms with van der Waals surface area (Å²) in [6, 6.07) is 7.91. The second kappa shape index (κ2) is 8.62. The van der Waals surface area contributed by atoms with E-state index in [9.17, 15) is 18.4 Å². The van der Waals surface area contributed by atoms with Gasteiger partial charge in [0.15, 0.2) is 5.78 Å². The van der Waals surface area contributed by atoms with Crippen molar-refractivity contribution in [2.75, 3.05) is 13.6 Å². The van der Waals surface area contributed by atoms with Crippen LogP contribution in [-0.2, 0) is 4.79 Å². The molecule has 0 bridgehead atoms. The summed E-state index contributed by atoms with van der Waals surface area (Å²) in [7, 11) is 2.00. The van der Waals surface area contributed by atoms with Gasteiger partial charge in [0, 0.05) is 62.1 Å². The first-order valence-corrected chi connectivity index (χ1v) is 11.3. The summed E-state index contributed by atoms with van der Waals surface area (Å²) in [6.45, 7) is -0.786. The predicted molar refractivity (Wildman–Crippen MR) is 126 cm³/mol. The second-order valence-electron chi connectivity index (χ2n) is 9.01. The quantitative estimate of drug-likeness (QED) is 0.610. The number of Topliss-reactive ketones (excluding diaryl/α,β-unsaturated/α-hetero) is 1. The van der Waals surface area contributed by atoms with Crippen LogP contribution in [0.2, 0.25) is 0 Å². The Labute approximate surface area is 201 Å². The van der Waals surface area contributed by atoms with E-state index in [-0.39, 0.29) is 24.8 Å². The molecule has 9 heteroatoms. The van der Waals surface area contributed by atoms with Gasteiger partial charge < -0.3 is 14.7 Å². The van der Waals surface area contributed by atoms with Crippen LogP contribution in [0.1, 0.15) is 35.2 Å². The molecule has 2 atom stereocenters. The van der Waals surface area contributed by atoms with Crippen LogP contribution >= 0.6 is 0 Å². The van der Waals surface area contributed by atoms with E-state index in [1.807, 2.05) is 49.9 Å². The first kappa shape index (κ1) is 22.7. The van der Waals surface area contributed by atoms with E-state index in [1.165, 1.54) is 0 Å². The number of nitriles is 1. The van der Waals surface area contributed by atoms with Gasteiger partial charge in [-0.15, -0.1) is 0 Å². The fourth-order valence-corrected chi connectivity index (χ4v) is 4.75. The Morgan fingerprint density at radius 1 is 1.23 bits per heavy atom. The third-order valence-electron chi connectivity index (χ3n) is 6.61. The number of amides is 1. The molecule has 35 heavy (non-hydrogen) atoms. The lowest BCUT2D eigenvalue weighted by atomic mass is 9.97. The number of hydrogen-bond donors (Lipinski definition) is 0. The SMILES string of the molecule is CN1C=CN2C=C(c3ccc4nccc(C(=O)CCC(=O)N5CC(F)(F)C[C@H]5C#N)c4c3)C=CC12. The van der Waals surface area contributed by atoms with Crippen LogP contribution in [0.4, 0.5) is 8.78 Å². The predicted octanol–water partition coefficient (Wildman–Crippen LogP) is 3.91. The average molecular weight is 475 g/mol. The van der Waals surface area contributed by atoms with Gasteiger partial charge >= 0.3 is 0 Å². The van der Waals surface area contributed by atoms with Crippen molar-refractivity contribution in [3.05, 3.63) is 72.3 Å². The van der Waals surface area contributed by atoms with Gasteiger partial charge in [-0.25, -0.2) is 8.78 Å². The molecule has 0 radical (unpaired) electrons. The molecule has 0 aliphatic carbocycles. The highest BCUT2D eigenvalue weighted by Crippen LogP contribution is 2.33. The van der Waals surface area contributed by atoms with Crippen molar-refractivity contribution >= 4 is 28.2 Å². The zero-order valence-electron chi connectivity index (χ0n) is 19.1. The Bertz CT molecular complexity index is 1340. The van der Waals surface area contributed by atoms with E-state index in [2.05, 4.69) is 20.9 Å². The summed E-state index contributed by atoms with van der Waals surface area (Å²) in [5, 5.41) is 9.78. The molecule has 0 saturated carbocycles. The molecule has 5 rings (SSSR count). The molecular formula is C26H23F2N5O2. The number of pyridine rings is 1. The number of likely N-dealkylation sites (tertiary alicyclic amines) is 1. The molecule has 7 nitrogen and oxygen atoms in total. The number of halogens is 2. The van der Waals surface area contributed by atoms with Crippen LogP contribution in [0, 0.1) is 11.3 Å². The minimum Gasteiger partial charge on any atom is -0.356 e. The van der Waals surface area contributed by atoms with Gasteiger partial charge in [0.05, 0.1) is 18.1 Å². The molecule has 2 aromatic rings. The number of rotatable bonds is 5. The van der Waals surface area contributed by atoms with Crippen LogP contribution in [-0.4, -0.2) is 63.1 Å². The van der Waals surface area contributed by atoms with Crippen molar-refractivity contribution in [2.45, 2.75) is 37.4 Å². The van der Waals surface area contributed by atoms with E-state index in [1.54, 1.807) is 18.3 Å². The van der Waals surface area contributed by atoms with Gasteiger partial charge in [-0.1, -0.05) is 12.1 Å². The summed E-state index contributed by atoms with van der Waals surface area (Å²) in [5.41, 5.74) is 2.98. The Balaban J connectivity index is 1.35. The van der Waals surface area contributed by atoms with Crippen molar-refractivity contribution in [1.82, 2.24) is 19.7 Å². The Kier molecular flexibility index (Phi) is 5.59. The van der Waals surface area contributed by atoms with Gasteiger partial charge in [0.2, 0.25) is 5.91 Å². The van der Waals surface area contributed by atoms with Crippen LogP contribution in [0.3, 0.4) is 0 Å². The molecule has 1 aromatic heterocycles. The number of likely N-dealkylation sites (N-methyl/N-ethyl adjacent to an activating group) is 1. The van der Waals surface area contributed by atoms with Gasteiger partial charge in [0.25, 0.3) is 5.92 Å². The van der Waals surface area contributed by atoms with Crippen molar-refractivity contribution in [2.24, 2.45) is 0 Å². The van der Waals surface area contributed by atoms with Crippen LogP contribution in [0.15, 0.2) is 61.2 Å². The number of alkyl halides is 2. The summed E-state index contributed by atoms with van der Waals surface area (Å²) in [4.78, 5) is 35.0. The maximum Gasteiger partial charge on any atom is 0.268 e. The third kappa shape index (κ3) is 4.28. The lowest BCUT2D eigenvalue weighted by Gasteiger charge is -2.28. The molecule has 1 amide bonds. The number of benzene rings is 1. The molecule has 1 unspecified atom stereocenters. The number of fused-ring (bicyclic) bond motifs is 2. The summed E-state index contributed by atoms with van der Waals surface area (Å²) < 4.78 is 27.4. The highest BCUT2D eigenvalue weighted by Gasteiger charge is 2.47. The first-order chi connectivity index (χ1) is 16.8. The second-order valence-corrected chi connectivity index (χ2v) is 9.01. The number of aromatic nitrogens is 1. The third-order valence-corrected chi connectivity index (χ3v) is 6.61. The Hall–Kier alpha value is -4.06. The van der Waals surface area contributed by atoms with E-state index >= 15 is 0 Å². The number of ketones is 1. The van der Waals surface area contributed by atoms with Gasteiger partial charge in [-0.2, -0.15) is 5.26 Å². The van der Waals surface area contributed by atoms with Crippen molar-refractivity contribution in [3.8, 4) is 6.07 Å². The number of carbonyl (C=O) groups excluding carboxylic acids is 2. The monoisotopic (exact) mass is 475 g/mol. The van der Waals surface area contributed by atoms with Crippen LogP contribution in [0.5, 0.6) is 0 Å². The largest absolute Gasteiger partial charge is 0.356 e. The van der Waals surface area contributed by atoms with Crippen LogP contribution in [0.25, 0.3) is 16.5 Å². The summed E-state index contributed by atoms with van der Waals surface area (Å²) in [6.07, 6.45) is 10.8. The molecule has 0 N–H and O–H groups in total. The zero-order valence-corrected chi connectivity index (χ0v) is 19.1. The van der Waals surface area contributed by atoms with Crippen molar-refractivity contribution in [3.63, 3.8) is 0 Å². The molecule has 4 heterocycles. The Morgan fingerprint density at radius 2 is 2.06 bits per heavy atom. The standard InChI is InChI=1S/C26H23F2N5O2/c1-31-10-11-32-15-18(3-6-24(31)32)17-2-4-22-21(12-17)20(8-9-30-22)23(34)5-7-25(35)33-16-26(27,28)13-19(33)14-29/h2-4,6,8-12,15,19,24H,5,7,13,16H2,1H3/t19-,24?/m0/s1. The molecule has 1 aromatic carbocycles. The molecular weight excluding hydrogens is 452 g/mol. The fourth-order valence-electron chi connectivity index (χ4n) is 4.75. The van der Waals surface area contributed by atoms with Gasteiger partial charge in [0.1, 0.15) is 12.2 Å². The highest BCUT2D eigenvalue weighted by atomic mass is 19.3. The van der Waals surface area contributed by atoms with E-state index < -0.39 is 30.8 Å². The van der Waals surface area contributed by atoms with E-state index in [0.29, 0.717) is 16.5 Å². The number of allylic oxidation sites excluding steroid dienone is 2. The van der Waals surface area contributed by atoms with Crippen molar-refractivity contribution < 1.29 is 18.4 Å². The number of hydrogen-bond acceptors (Lipinski definition) is 6. The average Bonchev–Trinajstić information content (AvgIpc) is 3.39. The highest BCUT2D eigenvalue weighted by molar-refractivity contribution is 6.08. The van der Waals surface area contributed by atoms with Crippen LogP contribution < -0.4 is 0 Å². The molecule has 178 valence electrons. The first-order valence-electron chi connectivity index (χ1n) is 11.3. The Morgan fingerprint density at radius 3 is 2.86 bits per heavy atom. The minimum atomic E-state index is -3.08. The maximum absolute atomic E-state index is 13.7. The molecule has 0 spiro atoms. The lowest BCUT2D eigenvalue weighted by molar-refractivity contribution is -0.132.